The Hall–Kier alpha value is -1.85. The molecule has 0 spiro atoms. The molecule has 0 aliphatic rings. The number of aromatic nitrogens is 2. The third-order valence-corrected chi connectivity index (χ3v) is 3.82. The number of benzene rings is 1. The van der Waals surface area contributed by atoms with E-state index in [1.807, 2.05) is 14.1 Å². The Morgan fingerprint density at radius 1 is 1.36 bits per heavy atom. The van der Waals surface area contributed by atoms with E-state index in [-0.39, 0.29) is 17.6 Å². The third kappa shape index (κ3) is 3.87. The van der Waals surface area contributed by atoms with Gasteiger partial charge < -0.3 is 10.2 Å². The van der Waals surface area contributed by atoms with E-state index in [1.54, 1.807) is 13.2 Å². The Bertz CT molecular complexity index is 649. The summed E-state index contributed by atoms with van der Waals surface area (Å²) in [5.41, 5.74) is 2.62. The van der Waals surface area contributed by atoms with E-state index in [2.05, 4.69) is 46.5 Å². The highest BCUT2D eigenvalue weighted by Gasteiger charge is 2.18. The van der Waals surface area contributed by atoms with Gasteiger partial charge >= 0.3 is 0 Å². The molecule has 0 bridgehead atoms. The van der Waals surface area contributed by atoms with Crippen molar-refractivity contribution in [2.75, 3.05) is 20.6 Å². The Morgan fingerprint density at radius 2 is 2.00 bits per heavy atom. The average molecular weight is 321 g/mol. The fourth-order valence-electron chi connectivity index (χ4n) is 2.27. The van der Waals surface area contributed by atoms with Crippen molar-refractivity contribution in [1.82, 2.24) is 20.0 Å². The average Bonchev–Trinajstić information content (AvgIpc) is 2.79. The highest BCUT2D eigenvalue weighted by Crippen LogP contribution is 2.19. The maximum absolute atomic E-state index is 12.2. The number of hydrogen-bond acceptors (Lipinski definition) is 3. The molecule has 0 saturated heterocycles. The summed E-state index contributed by atoms with van der Waals surface area (Å²) < 4.78 is 1.53. The van der Waals surface area contributed by atoms with Crippen LogP contribution in [-0.2, 0) is 7.05 Å². The van der Waals surface area contributed by atoms with Gasteiger partial charge in [0.25, 0.3) is 5.91 Å². The highest BCUT2D eigenvalue weighted by molar-refractivity contribution is 6.33. The maximum atomic E-state index is 12.2. The van der Waals surface area contributed by atoms with Gasteiger partial charge in [-0.05, 0) is 26.6 Å². The van der Waals surface area contributed by atoms with E-state index in [9.17, 15) is 4.79 Å². The zero-order chi connectivity index (χ0) is 16.3. The second-order valence-corrected chi connectivity index (χ2v) is 6.01. The molecule has 6 heteroatoms. The molecule has 0 unspecified atom stereocenters. The molecule has 2 rings (SSSR count). The van der Waals surface area contributed by atoms with Crippen LogP contribution in [0.25, 0.3) is 0 Å². The molecule has 0 radical (unpaired) electrons. The molecule has 1 aromatic carbocycles. The monoisotopic (exact) mass is 320 g/mol. The van der Waals surface area contributed by atoms with Gasteiger partial charge in [-0.2, -0.15) is 5.10 Å². The van der Waals surface area contributed by atoms with Crippen molar-refractivity contribution in [3.05, 3.63) is 52.3 Å². The molecular formula is C16H21ClN4O. The number of aryl methyl sites for hydroxylation is 2. The highest BCUT2D eigenvalue weighted by atomic mass is 35.5. The minimum atomic E-state index is -0.260. The molecule has 0 aliphatic heterocycles. The fourth-order valence-corrected chi connectivity index (χ4v) is 2.54. The lowest BCUT2D eigenvalue weighted by Crippen LogP contribution is -2.34. The summed E-state index contributed by atoms with van der Waals surface area (Å²) >= 11 is 6.00. The predicted octanol–water partition coefficient (Wildman–Crippen LogP) is 2.41. The molecule has 0 fully saturated rings. The van der Waals surface area contributed by atoms with Crippen LogP contribution < -0.4 is 5.32 Å². The molecule has 0 aliphatic carbocycles. The largest absolute Gasteiger partial charge is 0.349 e. The summed E-state index contributed by atoms with van der Waals surface area (Å²) in [6.07, 6.45) is 1.61. The van der Waals surface area contributed by atoms with Crippen molar-refractivity contribution in [3.8, 4) is 0 Å². The van der Waals surface area contributed by atoms with Crippen LogP contribution in [0.4, 0.5) is 0 Å². The Morgan fingerprint density at radius 3 is 2.50 bits per heavy atom. The van der Waals surface area contributed by atoms with Gasteiger partial charge in [-0.25, -0.2) is 0 Å². The van der Waals surface area contributed by atoms with Gasteiger partial charge in [-0.1, -0.05) is 41.4 Å². The first kappa shape index (κ1) is 16.5. The second kappa shape index (κ2) is 6.94. The molecule has 22 heavy (non-hydrogen) atoms. The normalized spacial score (nSPS) is 12.5. The van der Waals surface area contributed by atoms with Gasteiger partial charge in [0.2, 0.25) is 0 Å². The zero-order valence-electron chi connectivity index (χ0n) is 13.3. The van der Waals surface area contributed by atoms with Crippen molar-refractivity contribution in [3.63, 3.8) is 0 Å². The number of nitrogens with zero attached hydrogens (tertiary/aromatic N) is 3. The van der Waals surface area contributed by atoms with Crippen LogP contribution in [-0.4, -0.2) is 41.2 Å². The van der Waals surface area contributed by atoms with Crippen molar-refractivity contribution in [2.24, 2.45) is 7.05 Å². The maximum Gasteiger partial charge on any atom is 0.273 e. The zero-order valence-corrected chi connectivity index (χ0v) is 14.1. The van der Waals surface area contributed by atoms with Gasteiger partial charge in [-0.3, -0.25) is 9.48 Å². The number of halogens is 1. The first-order valence-corrected chi connectivity index (χ1v) is 7.46. The van der Waals surface area contributed by atoms with Crippen molar-refractivity contribution in [1.29, 1.82) is 0 Å². The van der Waals surface area contributed by atoms with E-state index < -0.39 is 0 Å². The van der Waals surface area contributed by atoms with Crippen molar-refractivity contribution < 1.29 is 4.79 Å². The van der Waals surface area contributed by atoms with Crippen LogP contribution >= 0.6 is 11.6 Å². The molecule has 1 heterocycles. The standard InChI is InChI=1S/C16H21ClN4O/c1-11-5-7-12(8-6-11)14(20(2)3)9-18-16(22)15-13(17)10-21(4)19-15/h5-8,10,14H,9H2,1-4H3,(H,18,22)/t14-/m1/s1. The van der Waals surface area contributed by atoms with E-state index in [1.165, 1.54) is 10.2 Å². The van der Waals surface area contributed by atoms with Gasteiger partial charge in [0.1, 0.15) is 0 Å². The van der Waals surface area contributed by atoms with Gasteiger partial charge in [-0.15, -0.1) is 0 Å². The lowest BCUT2D eigenvalue weighted by Gasteiger charge is -2.25. The molecule has 1 aromatic heterocycles. The molecule has 1 amide bonds. The van der Waals surface area contributed by atoms with E-state index in [0.717, 1.165) is 5.56 Å². The van der Waals surface area contributed by atoms with E-state index >= 15 is 0 Å². The van der Waals surface area contributed by atoms with E-state index in [4.69, 9.17) is 11.6 Å². The molecule has 0 saturated carbocycles. The third-order valence-electron chi connectivity index (χ3n) is 3.54. The fraction of sp³-hybridized carbons (Fsp3) is 0.375. The first-order chi connectivity index (χ1) is 10.4. The first-order valence-electron chi connectivity index (χ1n) is 7.09. The number of hydrogen-bond donors (Lipinski definition) is 1. The summed E-state index contributed by atoms with van der Waals surface area (Å²) in [6, 6.07) is 8.40. The number of nitrogens with one attached hydrogen (secondary N) is 1. The number of carbonyl (C=O) groups is 1. The lowest BCUT2D eigenvalue weighted by molar-refractivity contribution is 0.0936. The van der Waals surface area contributed by atoms with Crippen LogP contribution in [0.5, 0.6) is 0 Å². The Balaban J connectivity index is 2.07. The summed E-state index contributed by atoms with van der Waals surface area (Å²) in [4.78, 5) is 14.3. The minimum Gasteiger partial charge on any atom is -0.349 e. The summed E-state index contributed by atoms with van der Waals surface area (Å²) in [6.45, 7) is 2.54. The predicted molar refractivity (Wildman–Crippen MR) is 88.2 cm³/mol. The quantitative estimate of drug-likeness (QED) is 0.920. The van der Waals surface area contributed by atoms with Crippen LogP contribution in [0.2, 0.25) is 5.02 Å². The summed E-state index contributed by atoms with van der Waals surface area (Å²) in [5.74, 6) is -0.260. The molecule has 2 aromatic rings. The Kier molecular flexibility index (Phi) is 5.21. The molecule has 1 atom stereocenters. The smallest absolute Gasteiger partial charge is 0.273 e. The molecule has 5 nitrogen and oxygen atoms in total. The summed E-state index contributed by atoms with van der Waals surface area (Å²) in [7, 11) is 5.71. The molecule has 1 N–H and O–H groups in total. The van der Waals surface area contributed by atoms with Crippen molar-refractivity contribution in [2.45, 2.75) is 13.0 Å². The number of carbonyl (C=O) groups excluding carboxylic acids is 1. The SMILES string of the molecule is Cc1ccc([C@@H](CNC(=O)c2nn(C)cc2Cl)N(C)C)cc1. The number of likely N-dealkylation sites (N-methyl/N-ethyl adjacent to an activating group) is 1. The molecular weight excluding hydrogens is 300 g/mol. The van der Waals surface area contributed by atoms with Crippen LogP contribution in [0.15, 0.2) is 30.5 Å². The van der Waals surface area contributed by atoms with Gasteiger partial charge in [0.15, 0.2) is 5.69 Å². The van der Waals surface area contributed by atoms with Gasteiger partial charge in [0, 0.05) is 19.8 Å². The van der Waals surface area contributed by atoms with Crippen LogP contribution in [0, 0.1) is 6.92 Å². The van der Waals surface area contributed by atoms with Crippen molar-refractivity contribution >= 4 is 17.5 Å². The van der Waals surface area contributed by atoms with Gasteiger partial charge in [0.05, 0.1) is 11.1 Å². The molecule has 118 valence electrons. The number of rotatable bonds is 5. The topological polar surface area (TPSA) is 50.2 Å². The second-order valence-electron chi connectivity index (χ2n) is 5.60. The minimum absolute atomic E-state index is 0.0898. The lowest BCUT2D eigenvalue weighted by atomic mass is 10.0. The number of amides is 1. The Labute approximate surface area is 135 Å². The van der Waals surface area contributed by atoms with Crippen LogP contribution in [0.3, 0.4) is 0 Å². The summed E-state index contributed by atoms with van der Waals surface area (Å²) in [5, 5.41) is 7.34. The van der Waals surface area contributed by atoms with Crippen LogP contribution in [0.1, 0.15) is 27.7 Å². The van der Waals surface area contributed by atoms with E-state index in [0.29, 0.717) is 11.6 Å².